The number of carbonyl (C=O) groups is 2. The van der Waals surface area contributed by atoms with E-state index in [4.69, 9.17) is 4.74 Å². The second-order valence-electron chi connectivity index (χ2n) is 9.21. The summed E-state index contributed by atoms with van der Waals surface area (Å²) in [5.74, 6) is 1.66. The van der Waals surface area contributed by atoms with E-state index in [2.05, 4.69) is 48.9 Å². The zero-order chi connectivity index (χ0) is 24.1. The highest BCUT2D eigenvalue weighted by Crippen LogP contribution is 2.35. The van der Waals surface area contributed by atoms with Crippen molar-refractivity contribution in [1.82, 2.24) is 16.0 Å². The van der Waals surface area contributed by atoms with Crippen molar-refractivity contribution in [1.29, 1.82) is 0 Å². The maximum atomic E-state index is 11.9. The summed E-state index contributed by atoms with van der Waals surface area (Å²) >= 11 is 0. The van der Waals surface area contributed by atoms with Gasteiger partial charge in [0.05, 0.1) is 6.54 Å². The Hall–Kier alpha value is -2.34. The molecule has 0 radical (unpaired) electrons. The van der Waals surface area contributed by atoms with Crippen LogP contribution in [0.1, 0.15) is 65.4 Å². The summed E-state index contributed by atoms with van der Waals surface area (Å²) in [5.41, 5.74) is 2.61. The molecule has 1 aromatic carbocycles. The van der Waals surface area contributed by atoms with Gasteiger partial charge in [-0.3, -0.25) is 9.59 Å². The van der Waals surface area contributed by atoms with Gasteiger partial charge in [0.25, 0.3) is 0 Å². The largest absolute Gasteiger partial charge is 0.492 e. The summed E-state index contributed by atoms with van der Waals surface area (Å²) in [6.45, 7) is 10.4. The van der Waals surface area contributed by atoms with Gasteiger partial charge in [0.2, 0.25) is 11.8 Å². The van der Waals surface area contributed by atoms with Crippen LogP contribution in [0.5, 0.6) is 5.75 Å². The number of hydrogen-bond donors (Lipinski definition) is 3. The molecule has 0 bridgehead atoms. The molecule has 1 aromatic rings. The summed E-state index contributed by atoms with van der Waals surface area (Å²) in [4.78, 5) is 23.2. The lowest BCUT2D eigenvalue weighted by molar-refractivity contribution is -0.126. The quantitative estimate of drug-likeness (QED) is 0.259. The molecule has 2 atom stereocenters. The van der Waals surface area contributed by atoms with Gasteiger partial charge < -0.3 is 20.7 Å². The summed E-state index contributed by atoms with van der Waals surface area (Å²) in [7, 11) is 0. The van der Waals surface area contributed by atoms with Crippen LogP contribution < -0.4 is 20.7 Å². The zero-order valence-corrected chi connectivity index (χ0v) is 20.9. The number of carbonyl (C=O) groups excluding carboxylic acids is 2. The highest BCUT2D eigenvalue weighted by molar-refractivity contribution is 5.84. The summed E-state index contributed by atoms with van der Waals surface area (Å²) in [6, 6.07) is 8.61. The number of nitrogens with one attached hydrogen (secondary N) is 3. The fraction of sp³-hybridized carbons (Fsp3) is 0.630. The van der Waals surface area contributed by atoms with Gasteiger partial charge in [-0.15, -0.1) is 0 Å². The molecule has 3 N–H and O–H groups in total. The second kappa shape index (κ2) is 14.7. The third kappa shape index (κ3) is 10.4. The lowest BCUT2D eigenvalue weighted by atomic mass is 10.0. The molecule has 1 unspecified atom stereocenters. The van der Waals surface area contributed by atoms with Gasteiger partial charge in [-0.05, 0) is 56.1 Å². The summed E-state index contributed by atoms with van der Waals surface area (Å²) in [5, 5.41) is 9.20. The van der Waals surface area contributed by atoms with Crippen LogP contribution in [-0.2, 0) is 16.0 Å². The molecule has 1 aliphatic carbocycles. The molecule has 1 fully saturated rings. The van der Waals surface area contributed by atoms with E-state index in [1.807, 2.05) is 18.2 Å². The van der Waals surface area contributed by atoms with E-state index in [0.717, 1.165) is 36.6 Å². The molecule has 0 spiro atoms. The average Bonchev–Trinajstić information content (AvgIpc) is 3.65. The molecule has 1 aliphatic rings. The second-order valence-corrected chi connectivity index (χ2v) is 9.21. The molecular formula is C27H43N3O3. The molecule has 0 heterocycles. The molecule has 0 aliphatic heterocycles. The molecule has 0 aromatic heterocycles. The van der Waals surface area contributed by atoms with E-state index < -0.39 is 0 Å². The first-order chi connectivity index (χ1) is 15.9. The SMILES string of the molecule is CCC/C=C(\C)C(NCCOc1ccccc1C[C@@H](C)CNC(=O)CNC(=O)CC)C1CC1. The van der Waals surface area contributed by atoms with Gasteiger partial charge in [0, 0.05) is 25.6 Å². The van der Waals surface area contributed by atoms with E-state index in [9.17, 15) is 9.59 Å². The van der Waals surface area contributed by atoms with Gasteiger partial charge in [-0.25, -0.2) is 0 Å². The van der Waals surface area contributed by atoms with E-state index in [1.54, 1.807) is 6.92 Å². The Morgan fingerprint density at radius 1 is 1.15 bits per heavy atom. The van der Waals surface area contributed by atoms with Gasteiger partial charge >= 0.3 is 0 Å². The Morgan fingerprint density at radius 2 is 1.91 bits per heavy atom. The van der Waals surface area contributed by atoms with Crippen molar-refractivity contribution in [3.8, 4) is 5.75 Å². The van der Waals surface area contributed by atoms with Crippen molar-refractivity contribution < 1.29 is 14.3 Å². The third-order valence-electron chi connectivity index (χ3n) is 6.02. The lowest BCUT2D eigenvalue weighted by Crippen LogP contribution is -2.38. The van der Waals surface area contributed by atoms with Crippen molar-refractivity contribution in [3.63, 3.8) is 0 Å². The maximum absolute atomic E-state index is 11.9. The Bertz CT molecular complexity index is 774. The van der Waals surface area contributed by atoms with Crippen molar-refractivity contribution in [2.24, 2.45) is 11.8 Å². The topological polar surface area (TPSA) is 79.5 Å². The minimum Gasteiger partial charge on any atom is -0.492 e. The normalized spacial score (nSPS) is 15.6. The van der Waals surface area contributed by atoms with Gasteiger partial charge in [-0.2, -0.15) is 0 Å². The van der Waals surface area contributed by atoms with Gasteiger partial charge in [-0.1, -0.05) is 57.0 Å². The van der Waals surface area contributed by atoms with E-state index in [1.165, 1.54) is 24.8 Å². The zero-order valence-electron chi connectivity index (χ0n) is 20.9. The van der Waals surface area contributed by atoms with Crippen molar-refractivity contribution >= 4 is 11.8 Å². The van der Waals surface area contributed by atoms with Crippen LogP contribution in [0, 0.1) is 11.8 Å². The van der Waals surface area contributed by atoms with Crippen LogP contribution in [0.2, 0.25) is 0 Å². The molecule has 6 heteroatoms. The van der Waals surface area contributed by atoms with Crippen molar-refractivity contribution in [2.45, 2.75) is 72.3 Å². The molecule has 184 valence electrons. The van der Waals surface area contributed by atoms with Crippen LogP contribution >= 0.6 is 0 Å². The maximum Gasteiger partial charge on any atom is 0.239 e. The third-order valence-corrected chi connectivity index (χ3v) is 6.02. The van der Waals surface area contributed by atoms with Crippen molar-refractivity contribution in [3.05, 3.63) is 41.5 Å². The minimum absolute atomic E-state index is 0.0288. The Morgan fingerprint density at radius 3 is 2.61 bits per heavy atom. The van der Waals surface area contributed by atoms with E-state index >= 15 is 0 Å². The van der Waals surface area contributed by atoms with Gasteiger partial charge in [0.1, 0.15) is 12.4 Å². The van der Waals surface area contributed by atoms with E-state index in [0.29, 0.717) is 25.6 Å². The highest BCUT2D eigenvalue weighted by Gasteiger charge is 2.31. The fourth-order valence-electron chi connectivity index (χ4n) is 3.92. The summed E-state index contributed by atoms with van der Waals surface area (Å²) in [6.07, 6.45) is 8.54. The Kier molecular flexibility index (Phi) is 12.0. The number of para-hydroxylation sites is 1. The highest BCUT2D eigenvalue weighted by atomic mass is 16.5. The molecule has 0 saturated heterocycles. The first kappa shape index (κ1) is 26.9. The van der Waals surface area contributed by atoms with Crippen molar-refractivity contribution in [2.75, 3.05) is 26.2 Å². The molecule has 33 heavy (non-hydrogen) atoms. The number of benzene rings is 1. The Balaban J connectivity index is 1.76. The number of allylic oxidation sites excluding steroid dienone is 1. The van der Waals surface area contributed by atoms with Crippen LogP contribution in [0.25, 0.3) is 0 Å². The van der Waals surface area contributed by atoms with Crippen LogP contribution in [0.4, 0.5) is 0 Å². The van der Waals surface area contributed by atoms with Crippen LogP contribution in [-0.4, -0.2) is 44.1 Å². The first-order valence-corrected chi connectivity index (χ1v) is 12.6. The molecule has 1 saturated carbocycles. The number of hydrogen-bond acceptors (Lipinski definition) is 4. The van der Waals surface area contributed by atoms with Crippen LogP contribution in [0.15, 0.2) is 35.9 Å². The smallest absolute Gasteiger partial charge is 0.239 e. The fourth-order valence-corrected chi connectivity index (χ4v) is 3.92. The predicted molar refractivity (Wildman–Crippen MR) is 134 cm³/mol. The van der Waals surface area contributed by atoms with Gasteiger partial charge in [0.15, 0.2) is 0 Å². The standard InChI is InChI=1S/C27H43N3O3/c1-5-7-10-21(4)27(22-13-14-22)28-15-16-33-24-12-9-8-11-23(24)17-20(3)18-29-26(32)19-30-25(31)6-2/h8-12,20,22,27-28H,5-7,13-19H2,1-4H3,(H,29,32)(H,30,31)/b21-10+/t20-,27?/m1/s1. The number of amides is 2. The first-order valence-electron chi connectivity index (χ1n) is 12.6. The lowest BCUT2D eigenvalue weighted by Gasteiger charge is -2.20. The monoisotopic (exact) mass is 457 g/mol. The van der Waals surface area contributed by atoms with Crippen LogP contribution in [0.3, 0.4) is 0 Å². The van der Waals surface area contributed by atoms with E-state index in [-0.39, 0.29) is 24.3 Å². The molecular weight excluding hydrogens is 414 g/mol. The Labute approximate surface area is 199 Å². The number of rotatable bonds is 16. The predicted octanol–water partition coefficient (Wildman–Crippen LogP) is 4.00. The minimum atomic E-state index is -0.159. The molecule has 2 amide bonds. The molecule has 6 nitrogen and oxygen atoms in total. The summed E-state index contributed by atoms with van der Waals surface area (Å²) < 4.78 is 6.14. The number of ether oxygens (including phenoxy) is 1. The molecule has 2 rings (SSSR count). The average molecular weight is 458 g/mol. The number of unbranched alkanes of at least 4 members (excludes halogenated alkanes) is 1.